The second kappa shape index (κ2) is 8.74. The molecule has 32 heavy (non-hydrogen) atoms. The van der Waals surface area contributed by atoms with Crippen LogP contribution in [0.3, 0.4) is 0 Å². The molecule has 164 valence electrons. The van der Waals surface area contributed by atoms with Crippen LogP contribution in [0.4, 0.5) is 0 Å². The highest BCUT2D eigenvalue weighted by atomic mass is 32.2. The Hall–Kier alpha value is -3.19. The number of nitrogens with zero attached hydrogens (tertiary/aromatic N) is 2. The predicted octanol–water partition coefficient (Wildman–Crippen LogP) is 4.01. The van der Waals surface area contributed by atoms with Gasteiger partial charge in [-0.05, 0) is 42.3 Å². The third-order valence-electron chi connectivity index (χ3n) is 6.20. The van der Waals surface area contributed by atoms with Crippen LogP contribution in [0, 0.1) is 0 Å². The average Bonchev–Trinajstić information content (AvgIpc) is 3.51. The molecule has 2 aromatic carbocycles. The standard InChI is InChI=1S/C25H25N3O3S/c1-31-19-7-8-22-20(13-19)21(14-26-22)17-9-11-27(12-10-17)25(30)23-15-32-16-28(23)24(29)18-5-3-2-4-6-18/h2-9,13-14,23,26H,10-12,15-16H2,1H3/t23-/m1/s1. The number of carbonyl (C=O) groups excluding carboxylic acids is 2. The summed E-state index contributed by atoms with van der Waals surface area (Å²) in [5.41, 5.74) is 4.08. The molecule has 2 aliphatic heterocycles. The van der Waals surface area contributed by atoms with Crippen molar-refractivity contribution in [1.29, 1.82) is 0 Å². The molecule has 1 saturated heterocycles. The van der Waals surface area contributed by atoms with Gasteiger partial charge in [-0.15, -0.1) is 11.8 Å². The lowest BCUT2D eigenvalue weighted by molar-refractivity contribution is -0.134. The van der Waals surface area contributed by atoms with Gasteiger partial charge in [0.15, 0.2) is 0 Å². The van der Waals surface area contributed by atoms with Crippen molar-refractivity contribution >= 4 is 40.1 Å². The quantitative estimate of drug-likeness (QED) is 0.656. The van der Waals surface area contributed by atoms with E-state index in [4.69, 9.17) is 4.74 Å². The maximum absolute atomic E-state index is 13.3. The van der Waals surface area contributed by atoms with Gasteiger partial charge in [-0.2, -0.15) is 0 Å². The van der Waals surface area contributed by atoms with Crippen LogP contribution in [0.1, 0.15) is 22.3 Å². The Morgan fingerprint density at radius 1 is 1.16 bits per heavy atom. The van der Waals surface area contributed by atoms with E-state index in [0.29, 0.717) is 30.3 Å². The Bertz CT molecular complexity index is 1190. The van der Waals surface area contributed by atoms with Crippen LogP contribution in [0.15, 0.2) is 60.8 Å². The average molecular weight is 448 g/mol. The summed E-state index contributed by atoms with van der Waals surface area (Å²) in [6.07, 6.45) is 4.94. The molecule has 0 aliphatic carbocycles. The molecule has 2 aliphatic rings. The van der Waals surface area contributed by atoms with E-state index in [2.05, 4.69) is 11.1 Å². The van der Waals surface area contributed by atoms with Crippen LogP contribution < -0.4 is 4.74 Å². The second-order valence-corrected chi connectivity index (χ2v) is 9.03. The third kappa shape index (κ3) is 3.77. The van der Waals surface area contributed by atoms with Crippen molar-refractivity contribution in [2.75, 3.05) is 31.8 Å². The molecule has 3 heterocycles. The Labute approximate surface area is 191 Å². The van der Waals surface area contributed by atoms with E-state index in [0.717, 1.165) is 28.6 Å². The van der Waals surface area contributed by atoms with Crippen LogP contribution in [-0.4, -0.2) is 64.5 Å². The number of rotatable bonds is 4. The minimum atomic E-state index is -0.403. The van der Waals surface area contributed by atoms with E-state index in [1.54, 1.807) is 35.9 Å². The highest BCUT2D eigenvalue weighted by Crippen LogP contribution is 2.32. The number of thioether (sulfide) groups is 1. The number of aromatic amines is 1. The fourth-order valence-electron chi connectivity index (χ4n) is 4.41. The lowest BCUT2D eigenvalue weighted by atomic mass is 9.98. The smallest absolute Gasteiger partial charge is 0.255 e. The molecule has 0 bridgehead atoms. The van der Waals surface area contributed by atoms with Gasteiger partial charge in [0.2, 0.25) is 5.91 Å². The summed E-state index contributed by atoms with van der Waals surface area (Å²) in [7, 11) is 1.67. The molecule has 1 N–H and O–H groups in total. The molecule has 0 unspecified atom stereocenters. The first-order chi connectivity index (χ1) is 15.7. The minimum Gasteiger partial charge on any atom is -0.497 e. The van der Waals surface area contributed by atoms with Crippen LogP contribution >= 0.6 is 11.8 Å². The van der Waals surface area contributed by atoms with Gasteiger partial charge >= 0.3 is 0 Å². The molecule has 3 aromatic rings. The number of carbonyl (C=O) groups is 2. The Morgan fingerprint density at radius 2 is 2.00 bits per heavy atom. The molecule has 7 heteroatoms. The fourth-order valence-corrected chi connectivity index (χ4v) is 5.56. The van der Waals surface area contributed by atoms with Crippen LogP contribution in [0.25, 0.3) is 16.5 Å². The van der Waals surface area contributed by atoms with Crippen molar-refractivity contribution in [2.24, 2.45) is 0 Å². The van der Waals surface area contributed by atoms with Crippen molar-refractivity contribution in [3.8, 4) is 5.75 Å². The van der Waals surface area contributed by atoms with E-state index in [-0.39, 0.29) is 11.8 Å². The third-order valence-corrected chi connectivity index (χ3v) is 7.22. The first-order valence-corrected chi connectivity index (χ1v) is 11.9. The maximum atomic E-state index is 13.3. The van der Waals surface area contributed by atoms with E-state index in [1.165, 1.54) is 5.57 Å². The van der Waals surface area contributed by atoms with Gasteiger partial charge in [-0.3, -0.25) is 9.59 Å². The molecule has 1 fully saturated rings. The number of aromatic nitrogens is 1. The van der Waals surface area contributed by atoms with E-state index >= 15 is 0 Å². The molecule has 0 saturated carbocycles. The summed E-state index contributed by atoms with van der Waals surface area (Å²) in [6, 6.07) is 14.8. The molecule has 1 aromatic heterocycles. The Balaban J connectivity index is 1.31. The molecule has 0 radical (unpaired) electrons. The second-order valence-electron chi connectivity index (χ2n) is 8.03. The van der Waals surface area contributed by atoms with Crippen LogP contribution in [-0.2, 0) is 4.79 Å². The monoisotopic (exact) mass is 447 g/mol. The van der Waals surface area contributed by atoms with Crippen molar-refractivity contribution in [3.63, 3.8) is 0 Å². The van der Waals surface area contributed by atoms with Crippen molar-refractivity contribution in [1.82, 2.24) is 14.8 Å². The zero-order valence-corrected chi connectivity index (χ0v) is 18.7. The normalized spacial score (nSPS) is 18.7. The number of hydrogen-bond donors (Lipinski definition) is 1. The lowest BCUT2D eigenvalue weighted by Gasteiger charge is -2.32. The maximum Gasteiger partial charge on any atom is 0.255 e. The van der Waals surface area contributed by atoms with Gasteiger partial charge in [0, 0.05) is 47.1 Å². The van der Waals surface area contributed by atoms with E-state index < -0.39 is 6.04 Å². The number of nitrogens with one attached hydrogen (secondary N) is 1. The summed E-state index contributed by atoms with van der Waals surface area (Å²) in [5.74, 6) is 1.99. The molecule has 5 rings (SSSR count). The van der Waals surface area contributed by atoms with Gasteiger partial charge in [0.1, 0.15) is 11.8 Å². The van der Waals surface area contributed by atoms with Crippen LogP contribution in [0.5, 0.6) is 5.75 Å². The summed E-state index contributed by atoms with van der Waals surface area (Å²) >= 11 is 1.64. The van der Waals surface area contributed by atoms with Crippen molar-refractivity contribution in [2.45, 2.75) is 12.5 Å². The van der Waals surface area contributed by atoms with Gasteiger partial charge < -0.3 is 19.5 Å². The van der Waals surface area contributed by atoms with E-state index in [1.807, 2.05) is 47.5 Å². The lowest BCUT2D eigenvalue weighted by Crippen LogP contribution is -2.50. The number of benzene rings is 2. The minimum absolute atomic E-state index is 0.0372. The number of fused-ring (bicyclic) bond motifs is 1. The van der Waals surface area contributed by atoms with Crippen molar-refractivity contribution in [3.05, 3.63) is 71.9 Å². The van der Waals surface area contributed by atoms with Gasteiger partial charge in [-0.1, -0.05) is 24.3 Å². The molecular weight excluding hydrogens is 422 g/mol. The zero-order chi connectivity index (χ0) is 22.1. The zero-order valence-electron chi connectivity index (χ0n) is 17.9. The predicted molar refractivity (Wildman–Crippen MR) is 128 cm³/mol. The van der Waals surface area contributed by atoms with Gasteiger partial charge in [0.05, 0.1) is 13.0 Å². The summed E-state index contributed by atoms with van der Waals surface area (Å²) < 4.78 is 5.38. The number of methoxy groups -OCH3 is 1. The fraction of sp³-hybridized carbons (Fsp3) is 0.280. The van der Waals surface area contributed by atoms with Crippen molar-refractivity contribution < 1.29 is 14.3 Å². The SMILES string of the molecule is COc1ccc2[nH]cc(C3=CCN(C(=O)[C@H]4CSCN4C(=O)c4ccccc4)CC3)c2c1. The summed E-state index contributed by atoms with van der Waals surface area (Å²) in [6.45, 7) is 1.20. The summed E-state index contributed by atoms with van der Waals surface area (Å²) in [4.78, 5) is 33.2. The first-order valence-electron chi connectivity index (χ1n) is 10.7. The highest BCUT2D eigenvalue weighted by Gasteiger charge is 2.37. The number of ether oxygens (including phenoxy) is 1. The molecule has 1 atom stereocenters. The first kappa shape index (κ1) is 20.7. The van der Waals surface area contributed by atoms with E-state index in [9.17, 15) is 9.59 Å². The Kier molecular flexibility index (Phi) is 5.66. The molecule has 0 spiro atoms. The molecular formula is C25H25N3O3S. The Morgan fingerprint density at radius 3 is 2.75 bits per heavy atom. The number of hydrogen-bond acceptors (Lipinski definition) is 4. The molecule has 2 amide bonds. The topological polar surface area (TPSA) is 65.6 Å². The van der Waals surface area contributed by atoms with Crippen LogP contribution in [0.2, 0.25) is 0 Å². The summed E-state index contributed by atoms with van der Waals surface area (Å²) in [5, 5.41) is 1.13. The van der Waals surface area contributed by atoms with Gasteiger partial charge in [-0.25, -0.2) is 0 Å². The largest absolute Gasteiger partial charge is 0.497 e. The number of amides is 2. The van der Waals surface area contributed by atoms with Gasteiger partial charge in [0.25, 0.3) is 5.91 Å². The number of H-pyrrole nitrogens is 1. The molecule has 6 nitrogen and oxygen atoms in total. The highest BCUT2D eigenvalue weighted by molar-refractivity contribution is 7.99.